The summed E-state index contributed by atoms with van der Waals surface area (Å²) in [7, 11) is 0. The summed E-state index contributed by atoms with van der Waals surface area (Å²) in [4.78, 5) is 40.5. The van der Waals surface area contributed by atoms with E-state index >= 15 is 0 Å². The zero-order valence-corrected chi connectivity index (χ0v) is 19.5. The van der Waals surface area contributed by atoms with E-state index in [9.17, 15) is 14.4 Å². The number of likely N-dealkylation sites (tertiary alicyclic amines) is 1. The maximum atomic E-state index is 13.6. The summed E-state index contributed by atoms with van der Waals surface area (Å²) in [6.07, 6.45) is 5.67. The molecule has 7 heteroatoms. The number of carbonyl (C=O) groups is 3. The van der Waals surface area contributed by atoms with E-state index in [-0.39, 0.29) is 24.4 Å². The first-order valence-electron chi connectivity index (χ1n) is 11.7. The van der Waals surface area contributed by atoms with Crippen LogP contribution in [-0.2, 0) is 25.7 Å². The van der Waals surface area contributed by atoms with Crippen molar-refractivity contribution in [3.8, 4) is 0 Å². The highest BCUT2D eigenvalue weighted by atomic mass is 16.6. The molecule has 176 valence electrons. The zero-order valence-electron chi connectivity index (χ0n) is 19.5. The minimum absolute atomic E-state index is 0.0420. The molecule has 0 aromatic heterocycles. The molecule has 0 spiro atoms. The lowest BCUT2D eigenvalue weighted by molar-refractivity contribution is -0.163. The zero-order chi connectivity index (χ0) is 23.1. The van der Waals surface area contributed by atoms with Crippen molar-refractivity contribution in [3.63, 3.8) is 0 Å². The van der Waals surface area contributed by atoms with Crippen molar-refractivity contribution in [2.45, 2.75) is 90.0 Å². The van der Waals surface area contributed by atoms with E-state index in [1.807, 2.05) is 51.1 Å². The van der Waals surface area contributed by atoms with Crippen molar-refractivity contribution in [1.29, 1.82) is 0 Å². The highest BCUT2D eigenvalue weighted by molar-refractivity contribution is 5.90. The van der Waals surface area contributed by atoms with E-state index in [0.29, 0.717) is 13.0 Å². The Bertz CT molecular complexity index is 783. The van der Waals surface area contributed by atoms with Gasteiger partial charge in [-0.05, 0) is 57.9 Å². The molecule has 32 heavy (non-hydrogen) atoms. The van der Waals surface area contributed by atoms with Crippen molar-refractivity contribution in [2.24, 2.45) is 5.92 Å². The lowest BCUT2D eigenvalue weighted by Gasteiger charge is -2.34. The van der Waals surface area contributed by atoms with Crippen LogP contribution in [0.15, 0.2) is 30.3 Å². The van der Waals surface area contributed by atoms with Gasteiger partial charge in [-0.2, -0.15) is 0 Å². The van der Waals surface area contributed by atoms with Crippen LogP contribution in [0, 0.1) is 5.92 Å². The van der Waals surface area contributed by atoms with Gasteiger partial charge in [0.15, 0.2) is 0 Å². The summed E-state index contributed by atoms with van der Waals surface area (Å²) < 4.78 is 10.9. The predicted octanol–water partition coefficient (Wildman–Crippen LogP) is 4.19. The second-order valence-corrected chi connectivity index (χ2v) is 9.80. The molecule has 1 aromatic carbocycles. The molecule has 1 heterocycles. The van der Waals surface area contributed by atoms with Crippen molar-refractivity contribution in [2.75, 3.05) is 6.54 Å². The van der Waals surface area contributed by atoms with Gasteiger partial charge >= 0.3 is 12.1 Å². The number of amides is 2. The van der Waals surface area contributed by atoms with E-state index in [1.165, 1.54) is 0 Å². The van der Waals surface area contributed by atoms with E-state index in [1.54, 1.807) is 4.90 Å². The summed E-state index contributed by atoms with van der Waals surface area (Å²) >= 11 is 0. The molecule has 1 saturated carbocycles. The molecule has 1 aliphatic heterocycles. The van der Waals surface area contributed by atoms with Crippen LogP contribution < -0.4 is 5.32 Å². The van der Waals surface area contributed by atoms with Crippen LogP contribution in [0.4, 0.5) is 4.79 Å². The largest absolute Gasteiger partial charge is 0.458 e. The number of rotatable bonds is 6. The Labute approximate surface area is 190 Å². The minimum Gasteiger partial charge on any atom is -0.458 e. The van der Waals surface area contributed by atoms with Gasteiger partial charge in [0.1, 0.15) is 24.3 Å². The fourth-order valence-corrected chi connectivity index (χ4v) is 4.56. The molecule has 7 nitrogen and oxygen atoms in total. The summed E-state index contributed by atoms with van der Waals surface area (Å²) in [5.74, 6) is -0.542. The van der Waals surface area contributed by atoms with E-state index in [2.05, 4.69) is 5.32 Å². The maximum Gasteiger partial charge on any atom is 0.408 e. The van der Waals surface area contributed by atoms with Crippen LogP contribution >= 0.6 is 0 Å². The van der Waals surface area contributed by atoms with Gasteiger partial charge in [-0.15, -0.1) is 0 Å². The van der Waals surface area contributed by atoms with Gasteiger partial charge < -0.3 is 19.7 Å². The third-order valence-corrected chi connectivity index (χ3v) is 6.09. The molecular weight excluding hydrogens is 408 g/mol. The molecule has 1 saturated heterocycles. The Morgan fingerprint density at radius 2 is 1.72 bits per heavy atom. The number of benzene rings is 1. The first-order chi connectivity index (χ1) is 15.2. The standard InChI is InChI=1S/C25H36N2O5/c1-25(2,3)32-23(29)20-15-10-16-27(20)22(28)21(19-13-8-5-9-14-19)26-24(30)31-17-18-11-6-4-7-12-18/h4,6-7,11-12,19-21H,5,8-10,13-17H2,1-3H3,(H,26,30)/t20-,21-/m0/s1. The quantitative estimate of drug-likeness (QED) is 0.665. The van der Waals surface area contributed by atoms with Crippen LogP contribution in [-0.4, -0.2) is 47.1 Å². The van der Waals surface area contributed by atoms with Gasteiger partial charge in [0.05, 0.1) is 0 Å². The molecule has 2 amide bonds. The fourth-order valence-electron chi connectivity index (χ4n) is 4.56. The Hall–Kier alpha value is -2.57. The van der Waals surface area contributed by atoms with E-state index < -0.39 is 23.8 Å². The minimum atomic E-state index is -0.693. The number of hydrogen-bond donors (Lipinski definition) is 1. The second-order valence-electron chi connectivity index (χ2n) is 9.80. The normalized spacial score (nSPS) is 20.5. The predicted molar refractivity (Wildman–Crippen MR) is 121 cm³/mol. The van der Waals surface area contributed by atoms with Crippen molar-refractivity contribution in [1.82, 2.24) is 10.2 Å². The SMILES string of the molecule is CC(C)(C)OC(=O)[C@@H]1CCCN1C(=O)[C@@H](NC(=O)OCc1ccccc1)C1CCCCC1. The third-order valence-electron chi connectivity index (χ3n) is 6.09. The van der Waals surface area contributed by atoms with Crippen molar-refractivity contribution < 1.29 is 23.9 Å². The van der Waals surface area contributed by atoms with Gasteiger partial charge in [-0.1, -0.05) is 49.6 Å². The molecule has 1 aliphatic carbocycles. The molecule has 2 aliphatic rings. The molecule has 0 unspecified atom stereocenters. The summed E-state index contributed by atoms with van der Waals surface area (Å²) in [6.45, 7) is 6.10. The number of nitrogens with one attached hydrogen (secondary N) is 1. The average Bonchev–Trinajstić information content (AvgIpc) is 3.26. The summed E-state index contributed by atoms with van der Waals surface area (Å²) in [6, 6.07) is 8.14. The van der Waals surface area contributed by atoms with Gasteiger partial charge in [0, 0.05) is 6.54 Å². The number of esters is 1. The van der Waals surface area contributed by atoms with Gasteiger partial charge in [0.2, 0.25) is 5.91 Å². The second kappa shape index (κ2) is 10.8. The summed E-state index contributed by atoms with van der Waals surface area (Å²) in [5, 5.41) is 2.84. The molecular formula is C25H36N2O5. The smallest absolute Gasteiger partial charge is 0.408 e. The Kier molecular flexibility index (Phi) is 8.15. The molecule has 2 fully saturated rings. The lowest BCUT2D eigenvalue weighted by atomic mass is 9.83. The summed E-state index contributed by atoms with van der Waals surface area (Å²) in [5.41, 5.74) is 0.268. The third kappa shape index (κ3) is 6.71. The number of carbonyl (C=O) groups excluding carboxylic acids is 3. The number of nitrogens with zero attached hydrogens (tertiary/aromatic N) is 1. The number of alkyl carbamates (subject to hydrolysis) is 1. The van der Waals surface area contributed by atoms with Crippen LogP contribution in [0.2, 0.25) is 0 Å². The van der Waals surface area contributed by atoms with Gasteiger partial charge in [-0.25, -0.2) is 9.59 Å². The Morgan fingerprint density at radius 3 is 2.38 bits per heavy atom. The number of hydrogen-bond acceptors (Lipinski definition) is 5. The van der Waals surface area contributed by atoms with Crippen LogP contribution in [0.25, 0.3) is 0 Å². The number of ether oxygens (including phenoxy) is 2. The highest BCUT2D eigenvalue weighted by Crippen LogP contribution is 2.30. The van der Waals surface area contributed by atoms with E-state index in [4.69, 9.17) is 9.47 Å². The van der Waals surface area contributed by atoms with E-state index in [0.717, 1.165) is 44.1 Å². The average molecular weight is 445 g/mol. The Morgan fingerprint density at radius 1 is 1.03 bits per heavy atom. The molecule has 1 N–H and O–H groups in total. The topological polar surface area (TPSA) is 84.9 Å². The van der Waals surface area contributed by atoms with Crippen LogP contribution in [0.5, 0.6) is 0 Å². The first kappa shape index (κ1) is 24.1. The van der Waals surface area contributed by atoms with Gasteiger partial charge in [-0.3, -0.25) is 4.79 Å². The molecule has 0 bridgehead atoms. The molecule has 3 rings (SSSR count). The van der Waals surface area contributed by atoms with Crippen LogP contribution in [0.1, 0.15) is 71.3 Å². The van der Waals surface area contributed by atoms with Crippen molar-refractivity contribution >= 4 is 18.0 Å². The first-order valence-corrected chi connectivity index (χ1v) is 11.7. The van der Waals surface area contributed by atoms with Crippen LogP contribution in [0.3, 0.4) is 0 Å². The van der Waals surface area contributed by atoms with Gasteiger partial charge in [0.25, 0.3) is 0 Å². The maximum absolute atomic E-state index is 13.6. The van der Waals surface area contributed by atoms with Crippen molar-refractivity contribution in [3.05, 3.63) is 35.9 Å². The molecule has 2 atom stereocenters. The molecule has 0 radical (unpaired) electrons. The monoisotopic (exact) mass is 444 g/mol. The molecule has 1 aromatic rings. The Balaban J connectivity index is 1.69. The fraction of sp³-hybridized carbons (Fsp3) is 0.640. The lowest BCUT2D eigenvalue weighted by Crippen LogP contribution is -2.55. The highest BCUT2D eigenvalue weighted by Gasteiger charge is 2.42.